The van der Waals surface area contributed by atoms with Gasteiger partial charge in [0.25, 0.3) is 0 Å². The van der Waals surface area contributed by atoms with E-state index in [1.165, 1.54) is 6.42 Å². The lowest BCUT2D eigenvalue weighted by Gasteiger charge is -2.20. The van der Waals surface area contributed by atoms with Crippen LogP contribution >= 0.6 is 0 Å². The molecule has 0 aromatic heterocycles. The molecule has 1 N–H and O–H groups in total. The Kier molecular flexibility index (Phi) is 1.92. The summed E-state index contributed by atoms with van der Waals surface area (Å²) >= 11 is 0. The number of hydrogen-bond donors (Lipinski definition) is 1. The van der Waals surface area contributed by atoms with Gasteiger partial charge in [0.2, 0.25) is 0 Å². The monoisotopic (exact) mass is 170 g/mol. The molecule has 0 spiro atoms. The molecule has 2 fully saturated rings. The van der Waals surface area contributed by atoms with E-state index in [1.807, 2.05) is 0 Å². The molecule has 2 rings (SSSR count). The van der Waals surface area contributed by atoms with E-state index >= 15 is 0 Å². The summed E-state index contributed by atoms with van der Waals surface area (Å²) in [6.45, 7) is 5.10. The second-order valence-corrected chi connectivity index (χ2v) is 4.65. The number of aliphatic hydroxyl groups is 1. The molecular formula is C10H18O2. The van der Waals surface area contributed by atoms with Gasteiger partial charge in [-0.1, -0.05) is 13.8 Å². The molecule has 3 atom stereocenters. The van der Waals surface area contributed by atoms with Crippen LogP contribution in [0.2, 0.25) is 0 Å². The Morgan fingerprint density at radius 2 is 2.25 bits per heavy atom. The maximum atomic E-state index is 9.68. The van der Waals surface area contributed by atoms with Crippen molar-refractivity contribution in [2.75, 3.05) is 6.61 Å². The van der Waals surface area contributed by atoms with E-state index in [2.05, 4.69) is 13.8 Å². The second kappa shape index (κ2) is 2.71. The molecule has 0 radical (unpaired) electrons. The summed E-state index contributed by atoms with van der Waals surface area (Å²) in [6, 6.07) is 0. The summed E-state index contributed by atoms with van der Waals surface area (Å²) in [6.07, 6.45) is 3.03. The Labute approximate surface area is 73.9 Å². The molecule has 0 bridgehead atoms. The maximum Gasteiger partial charge on any atom is 0.0972 e. The molecule has 0 aromatic rings. The van der Waals surface area contributed by atoms with Gasteiger partial charge in [-0.25, -0.2) is 0 Å². The first-order chi connectivity index (χ1) is 5.65. The van der Waals surface area contributed by atoms with Crippen LogP contribution in [-0.4, -0.2) is 23.4 Å². The average molecular weight is 170 g/mol. The van der Waals surface area contributed by atoms with Crippen molar-refractivity contribution < 1.29 is 9.84 Å². The third kappa shape index (κ3) is 1.17. The second-order valence-electron chi connectivity index (χ2n) is 4.65. The average Bonchev–Trinajstić information content (AvgIpc) is 2.65. The van der Waals surface area contributed by atoms with E-state index in [0.29, 0.717) is 11.8 Å². The zero-order valence-corrected chi connectivity index (χ0v) is 7.92. The molecular weight excluding hydrogens is 152 g/mol. The summed E-state index contributed by atoms with van der Waals surface area (Å²) in [5, 5.41) is 9.68. The summed E-state index contributed by atoms with van der Waals surface area (Å²) in [5.41, 5.74) is -0.0930. The summed E-state index contributed by atoms with van der Waals surface area (Å²) in [7, 11) is 0. The van der Waals surface area contributed by atoms with Crippen molar-refractivity contribution in [3.63, 3.8) is 0 Å². The lowest BCUT2D eigenvalue weighted by Crippen LogP contribution is -2.30. The van der Waals surface area contributed by atoms with E-state index in [-0.39, 0.29) is 11.7 Å². The summed E-state index contributed by atoms with van der Waals surface area (Å²) in [4.78, 5) is 0. The number of fused-ring (bicyclic) bond motifs is 1. The highest BCUT2D eigenvalue weighted by atomic mass is 16.5. The number of aliphatic hydroxyl groups excluding tert-OH is 1. The van der Waals surface area contributed by atoms with Gasteiger partial charge in [0.05, 0.1) is 11.7 Å². The third-order valence-corrected chi connectivity index (χ3v) is 3.13. The molecule has 12 heavy (non-hydrogen) atoms. The van der Waals surface area contributed by atoms with Crippen LogP contribution in [-0.2, 0) is 4.74 Å². The minimum atomic E-state index is -0.179. The van der Waals surface area contributed by atoms with Gasteiger partial charge >= 0.3 is 0 Å². The van der Waals surface area contributed by atoms with Gasteiger partial charge < -0.3 is 9.84 Å². The molecule has 0 aliphatic heterocycles. The van der Waals surface area contributed by atoms with Crippen LogP contribution in [0.1, 0.15) is 33.1 Å². The van der Waals surface area contributed by atoms with Crippen molar-refractivity contribution in [3.8, 4) is 0 Å². The van der Waals surface area contributed by atoms with Crippen LogP contribution in [0.5, 0.6) is 0 Å². The predicted octanol–water partition coefficient (Wildman–Crippen LogP) is 1.57. The number of ether oxygens (including phenoxy) is 1. The van der Waals surface area contributed by atoms with Gasteiger partial charge in [-0.2, -0.15) is 0 Å². The molecule has 2 heteroatoms. The van der Waals surface area contributed by atoms with Crippen molar-refractivity contribution in [1.29, 1.82) is 0 Å². The van der Waals surface area contributed by atoms with Gasteiger partial charge in [0.15, 0.2) is 0 Å². The maximum absolute atomic E-state index is 9.68. The van der Waals surface area contributed by atoms with Crippen molar-refractivity contribution in [3.05, 3.63) is 0 Å². The fourth-order valence-corrected chi connectivity index (χ4v) is 2.28. The Morgan fingerprint density at radius 1 is 1.50 bits per heavy atom. The summed E-state index contributed by atoms with van der Waals surface area (Å²) in [5.74, 6) is 1.25. The van der Waals surface area contributed by atoms with Crippen LogP contribution < -0.4 is 0 Å². The zero-order valence-electron chi connectivity index (χ0n) is 7.92. The first-order valence-corrected chi connectivity index (χ1v) is 4.97. The topological polar surface area (TPSA) is 29.5 Å². The molecule has 0 amide bonds. The fourth-order valence-electron chi connectivity index (χ4n) is 2.28. The van der Waals surface area contributed by atoms with E-state index in [0.717, 1.165) is 19.4 Å². The lowest BCUT2D eigenvalue weighted by atomic mass is 10.2. The van der Waals surface area contributed by atoms with E-state index in [1.54, 1.807) is 0 Å². The SMILES string of the molecule is CC(C)CO[C@]12C[C@H]1CC[C@H]2O. The lowest BCUT2D eigenvalue weighted by molar-refractivity contribution is -0.0591. The molecule has 70 valence electrons. The highest BCUT2D eigenvalue weighted by Gasteiger charge is 2.63. The summed E-state index contributed by atoms with van der Waals surface area (Å²) < 4.78 is 5.79. The van der Waals surface area contributed by atoms with Gasteiger partial charge in [-0.3, -0.25) is 0 Å². The van der Waals surface area contributed by atoms with E-state index in [9.17, 15) is 5.11 Å². The fraction of sp³-hybridized carbons (Fsp3) is 1.00. The molecule has 0 saturated heterocycles. The van der Waals surface area contributed by atoms with Gasteiger partial charge in [-0.05, 0) is 31.1 Å². The highest BCUT2D eigenvalue weighted by molar-refractivity contribution is 5.14. The highest BCUT2D eigenvalue weighted by Crippen LogP contribution is 2.58. The Morgan fingerprint density at radius 3 is 2.67 bits per heavy atom. The smallest absolute Gasteiger partial charge is 0.0972 e. The molecule has 0 aromatic carbocycles. The van der Waals surface area contributed by atoms with Crippen molar-refractivity contribution in [1.82, 2.24) is 0 Å². The van der Waals surface area contributed by atoms with Gasteiger partial charge in [-0.15, -0.1) is 0 Å². The molecule has 2 aliphatic carbocycles. The quantitative estimate of drug-likeness (QED) is 0.696. The molecule has 2 nitrogen and oxygen atoms in total. The largest absolute Gasteiger partial charge is 0.390 e. The molecule has 0 heterocycles. The van der Waals surface area contributed by atoms with Gasteiger partial charge in [0, 0.05) is 6.61 Å². The van der Waals surface area contributed by atoms with Crippen LogP contribution in [0.25, 0.3) is 0 Å². The van der Waals surface area contributed by atoms with Crippen molar-refractivity contribution in [2.45, 2.75) is 44.8 Å². The number of rotatable bonds is 3. The zero-order chi connectivity index (χ0) is 8.77. The predicted molar refractivity (Wildman–Crippen MR) is 46.9 cm³/mol. The number of hydrogen-bond acceptors (Lipinski definition) is 2. The Bertz CT molecular complexity index is 179. The van der Waals surface area contributed by atoms with E-state index < -0.39 is 0 Å². The van der Waals surface area contributed by atoms with Crippen LogP contribution in [0.3, 0.4) is 0 Å². The van der Waals surface area contributed by atoms with Gasteiger partial charge in [0.1, 0.15) is 0 Å². The van der Waals surface area contributed by atoms with Crippen LogP contribution in [0.15, 0.2) is 0 Å². The normalized spacial score (nSPS) is 45.0. The van der Waals surface area contributed by atoms with E-state index in [4.69, 9.17) is 4.74 Å². The Balaban J connectivity index is 1.87. The van der Waals surface area contributed by atoms with Crippen LogP contribution in [0, 0.1) is 11.8 Å². The first kappa shape index (κ1) is 8.52. The first-order valence-electron chi connectivity index (χ1n) is 4.97. The third-order valence-electron chi connectivity index (χ3n) is 3.13. The Hall–Kier alpha value is -0.0800. The minimum Gasteiger partial charge on any atom is -0.390 e. The van der Waals surface area contributed by atoms with Crippen molar-refractivity contribution >= 4 is 0 Å². The van der Waals surface area contributed by atoms with Crippen molar-refractivity contribution in [2.24, 2.45) is 11.8 Å². The van der Waals surface area contributed by atoms with Crippen LogP contribution in [0.4, 0.5) is 0 Å². The molecule has 0 unspecified atom stereocenters. The molecule has 2 saturated carbocycles. The standard InChI is InChI=1S/C10H18O2/c1-7(2)6-12-10-5-8(10)3-4-9(10)11/h7-9,11H,3-6H2,1-2H3/t8-,9-,10-/m1/s1. The molecule has 2 aliphatic rings. The minimum absolute atomic E-state index is 0.0930.